The van der Waals surface area contributed by atoms with E-state index in [2.05, 4.69) is 20.1 Å². The molecule has 0 amide bonds. The van der Waals surface area contributed by atoms with Gasteiger partial charge in [-0.2, -0.15) is 0 Å². The lowest BCUT2D eigenvalue weighted by Gasteiger charge is -2.20. The summed E-state index contributed by atoms with van der Waals surface area (Å²) in [5.41, 5.74) is 1.83. The predicted octanol–water partition coefficient (Wildman–Crippen LogP) is 3.64. The Morgan fingerprint density at radius 1 is 1.08 bits per heavy atom. The van der Waals surface area contributed by atoms with Crippen molar-refractivity contribution in [2.75, 3.05) is 18.1 Å². The van der Waals surface area contributed by atoms with E-state index in [-0.39, 0.29) is 6.61 Å². The zero-order chi connectivity index (χ0) is 16.8. The van der Waals surface area contributed by atoms with Crippen molar-refractivity contribution in [3.8, 4) is 10.6 Å². The van der Waals surface area contributed by atoms with Crippen LogP contribution in [0.5, 0.6) is 0 Å². The van der Waals surface area contributed by atoms with Crippen LogP contribution in [0.25, 0.3) is 10.6 Å². The third-order valence-corrected chi connectivity index (χ3v) is 4.80. The Morgan fingerprint density at radius 2 is 1.92 bits per heavy atom. The molecule has 0 fully saturated rings. The van der Waals surface area contributed by atoms with Crippen molar-refractivity contribution in [3.63, 3.8) is 0 Å². The van der Waals surface area contributed by atoms with Gasteiger partial charge < -0.3 is 10.0 Å². The van der Waals surface area contributed by atoms with E-state index in [9.17, 15) is 0 Å². The summed E-state index contributed by atoms with van der Waals surface area (Å²) in [6.07, 6.45) is 2.43. The fraction of sp³-hybridized carbons (Fsp3) is 0.235. The van der Waals surface area contributed by atoms with E-state index in [4.69, 9.17) is 16.7 Å². The average Bonchev–Trinajstić information content (AvgIpc) is 3.09. The number of hydrogen-bond donors (Lipinski definition) is 1. The van der Waals surface area contributed by atoms with Crippen molar-refractivity contribution in [1.29, 1.82) is 0 Å². The van der Waals surface area contributed by atoms with E-state index in [0.717, 1.165) is 21.4 Å². The fourth-order valence-electron chi connectivity index (χ4n) is 2.28. The third kappa shape index (κ3) is 4.08. The quantitative estimate of drug-likeness (QED) is 0.697. The molecule has 2 aromatic heterocycles. The number of nitrogens with zero attached hydrogens (tertiary/aromatic N) is 4. The fourth-order valence-corrected chi connectivity index (χ4v) is 3.47. The highest BCUT2D eigenvalue weighted by molar-refractivity contribution is 7.18. The number of pyridine rings is 1. The maximum atomic E-state index is 9.16. The van der Waals surface area contributed by atoms with E-state index in [1.54, 1.807) is 6.20 Å². The summed E-state index contributed by atoms with van der Waals surface area (Å²) in [6, 6.07) is 13.4. The molecular weight excluding hydrogens is 344 g/mol. The first-order valence-electron chi connectivity index (χ1n) is 7.62. The van der Waals surface area contributed by atoms with Crippen LogP contribution >= 0.6 is 22.9 Å². The van der Waals surface area contributed by atoms with Gasteiger partial charge in [-0.25, -0.2) is 0 Å². The summed E-state index contributed by atoms with van der Waals surface area (Å²) in [7, 11) is 0. The number of benzene rings is 1. The second kappa shape index (κ2) is 8.19. The molecule has 0 aliphatic heterocycles. The van der Waals surface area contributed by atoms with Crippen LogP contribution in [0.3, 0.4) is 0 Å². The molecule has 0 atom stereocenters. The van der Waals surface area contributed by atoms with E-state index < -0.39 is 0 Å². The predicted molar refractivity (Wildman–Crippen MR) is 97.3 cm³/mol. The molecule has 0 bridgehead atoms. The van der Waals surface area contributed by atoms with Gasteiger partial charge in [0, 0.05) is 24.9 Å². The minimum Gasteiger partial charge on any atom is -0.396 e. The highest BCUT2D eigenvalue weighted by Gasteiger charge is 2.15. The molecule has 1 aromatic carbocycles. The van der Waals surface area contributed by atoms with Crippen LogP contribution in [0.1, 0.15) is 12.1 Å². The number of aliphatic hydroxyl groups excluding tert-OH is 1. The van der Waals surface area contributed by atoms with Crippen LogP contribution in [0.4, 0.5) is 5.13 Å². The number of hydrogen-bond acceptors (Lipinski definition) is 6. The highest BCUT2D eigenvalue weighted by atomic mass is 35.5. The molecule has 0 saturated heterocycles. The summed E-state index contributed by atoms with van der Waals surface area (Å²) in [4.78, 5) is 6.44. The molecule has 0 radical (unpaired) electrons. The minimum absolute atomic E-state index is 0.134. The Kier molecular flexibility index (Phi) is 5.74. The molecule has 0 saturated carbocycles. The van der Waals surface area contributed by atoms with Gasteiger partial charge in [-0.3, -0.25) is 4.98 Å². The number of aromatic nitrogens is 3. The van der Waals surface area contributed by atoms with E-state index in [0.29, 0.717) is 24.5 Å². The Balaban J connectivity index is 1.84. The molecule has 0 aliphatic rings. The van der Waals surface area contributed by atoms with Gasteiger partial charge in [-0.05, 0) is 24.6 Å². The minimum atomic E-state index is 0.134. The maximum Gasteiger partial charge on any atom is 0.208 e. The highest BCUT2D eigenvalue weighted by Crippen LogP contribution is 2.33. The molecule has 2 heterocycles. The largest absolute Gasteiger partial charge is 0.396 e. The summed E-state index contributed by atoms with van der Waals surface area (Å²) >= 11 is 7.73. The van der Waals surface area contributed by atoms with Crippen molar-refractivity contribution < 1.29 is 5.11 Å². The van der Waals surface area contributed by atoms with Crippen LogP contribution in [0, 0.1) is 0 Å². The molecule has 124 valence electrons. The van der Waals surface area contributed by atoms with Gasteiger partial charge in [-0.15, -0.1) is 10.2 Å². The Bertz CT molecular complexity index is 781. The Morgan fingerprint density at radius 3 is 2.67 bits per heavy atom. The van der Waals surface area contributed by atoms with Crippen LogP contribution < -0.4 is 4.90 Å². The van der Waals surface area contributed by atoms with E-state index in [1.807, 2.05) is 42.5 Å². The first kappa shape index (κ1) is 16.8. The molecule has 0 unspecified atom stereocenters. The van der Waals surface area contributed by atoms with Gasteiger partial charge in [0.2, 0.25) is 5.13 Å². The normalized spacial score (nSPS) is 10.8. The van der Waals surface area contributed by atoms with Gasteiger partial charge in [0.05, 0.1) is 17.3 Å². The molecule has 24 heavy (non-hydrogen) atoms. The molecule has 3 aromatic rings. The first-order chi connectivity index (χ1) is 11.8. The van der Waals surface area contributed by atoms with E-state index >= 15 is 0 Å². The number of halogens is 1. The monoisotopic (exact) mass is 360 g/mol. The smallest absolute Gasteiger partial charge is 0.208 e. The molecule has 0 aliphatic carbocycles. The summed E-state index contributed by atoms with van der Waals surface area (Å²) in [5.74, 6) is 0. The third-order valence-electron chi connectivity index (χ3n) is 3.45. The lowest BCUT2D eigenvalue weighted by atomic mass is 10.2. The lowest BCUT2D eigenvalue weighted by molar-refractivity contribution is 0.289. The molecule has 3 rings (SSSR count). The van der Waals surface area contributed by atoms with Crippen molar-refractivity contribution in [1.82, 2.24) is 15.2 Å². The number of aliphatic hydroxyl groups is 1. The second-order valence-corrected chi connectivity index (χ2v) is 6.55. The Labute approximate surface area is 149 Å². The molecule has 5 nitrogen and oxygen atoms in total. The van der Waals surface area contributed by atoms with Crippen molar-refractivity contribution in [2.45, 2.75) is 13.0 Å². The summed E-state index contributed by atoms with van der Waals surface area (Å²) in [6.45, 7) is 1.44. The second-order valence-electron chi connectivity index (χ2n) is 5.19. The van der Waals surface area contributed by atoms with Crippen LogP contribution in [-0.2, 0) is 6.54 Å². The van der Waals surface area contributed by atoms with Gasteiger partial charge >= 0.3 is 0 Å². The van der Waals surface area contributed by atoms with Gasteiger partial charge in [0.15, 0.2) is 5.01 Å². The van der Waals surface area contributed by atoms with Crippen molar-refractivity contribution in [3.05, 3.63) is 59.4 Å². The van der Waals surface area contributed by atoms with Crippen LogP contribution in [0.2, 0.25) is 5.02 Å². The van der Waals surface area contributed by atoms with Gasteiger partial charge in [0.1, 0.15) is 0 Å². The maximum absolute atomic E-state index is 9.16. The number of rotatable bonds is 7. The molecular formula is C17H17ClN4OS. The molecule has 7 heteroatoms. The van der Waals surface area contributed by atoms with E-state index in [1.165, 1.54) is 11.3 Å². The Hall–Kier alpha value is -2.02. The van der Waals surface area contributed by atoms with Crippen molar-refractivity contribution in [2.24, 2.45) is 0 Å². The number of anilines is 1. The zero-order valence-corrected chi connectivity index (χ0v) is 14.5. The zero-order valence-electron chi connectivity index (χ0n) is 13.0. The van der Waals surface area contributed by atoms with Crippen LogP contribution in [0.15, 0.2) is 48.7 Å². The lowest BCUT2D eigenvalue weighted by Crippen LogP contribution is -2.25. The average molecular weight is 361 g/mol. The topological polar surface area (TPSA) is 62.1 Å². The van der Waals surface area contributed by atoms with Gasteiger partial charge in [0.25, 0.3) is 0 Å². The molecule has 1 N–H and O–H groups in total. The van der Waals surface area contributed by atoms with Crippen LogP contribution in [-0.4, -0.2) is 33.4 Å². The SMILES string of the molecule is OCCCN(Cc1ccccn1)c1nnc(-c2ccccc2Cl)s1. The van der Waals surface area contributed by atoms with Crippen molar-refractivity contribution >= 4 is 28.1 Å². The summed E-state index contributed by atoms with van der Waals surface area (Å²) in [5, 5.41) is 20.0. The first-order valence-corrected chi connectivity index (χ1v) is 8.81. The summed E-state index contributed by atoms with van der Waals surface area (Å²) < 4.78 is 0. The molecule has 0 spiro atoms. The van der Waals surface area contributed by atoms with Gasteiger partial charge in [-0.1, -0.05) is 47.2 Å². The standard InChI is InChI=1S/C17H17ClN4OS/c18-15-8-2-1-7-14(15)16-20-21-17(24-16)22(10-5-11-23)12-13-6-3-4-9-19-13/h1-4,6-9,23H,5,10-12H2.